The molecule has 1 fully saturated rings. The second kappa shape index (κ2) is 9.90. The number of benzene rings is 1. The second-order valence-corrected chi connectivity index (χ2v) is 7.36. The summed E-state index contributed by atoms with van der Waals surface area (Å²) in [7, 11) is 0. The van der Waals surface area contributed by atoms with Gasteiger partial charge in [0, 0.05) is 25.0 Å². The Kier molecular flexibility index (Phi) is 7.29. The van der Waals surface area contributed by atoms with Crippen molar-refractivity contribution in [2.75, 3.05) is 18.5 Å². The number of fused-ring (bicyclic) bond motifs is 1. The van der Waals surface area contributed by atoms with Gasteiger partial charge >= 0.3 is 0 Å². The van der Waals surface area contributed by atoms with Crippen molar-refractivity contribution >= 4 is 23.7 Å². The molecule has 0 radical (unpaired) electrons. The highest BCUT2D eigenvalue weighted by molar-refractivity contribution is 5.85. The first-order chi connectivity index (χ1) is 13.8. The molecule has 0 aliphatic carbocycles. The fourth-order valence-corrected chi connectivity index (χ4v) is 3.74. The fraction of sp³-hybridized carbons (Fsp3) is 0.391. The smallest absolute Gasteiger partial charge is 0.265 e. The topological polar surface area (TPSA) is 55.6 Å². The van der Waals surface area contributed by atoms with E-state index in [1.165, 1.54) is 0 Å². The third kappa shape index (κ3) is 4.80. The molecule has 0 saturated carbocycles. The summed E-state index contributed by atoms with van der Waals surface area (Å²) in [6.45, 7) is 3.84. The second-order valence-electron chi connectivity index (χ2n) is 7.36. The molecular weight excluding hydrogens is 386 g/mol. The zero-order valence-corrected chi connectivity index (χ0v) is 17.6. The van der Waals surface area contributed by atoms with E-state index in [1.54, 1.807) is 10.6 Å². The molecule has 0 amide bonds. The number of hydrogen-bond donors (Lipinski definition) is 1. The summed E-state index contributed by atoms with van der Waals surface area (Å²) in [6, 6.07) is 13.8. The Balaban J connectivity index is 0.00000240. The van der Waals surface area contributed by atoms with E-state index in [9.17, 15) is 4.79 Å². The molecule has 6 heteroatoms. The van der Waals surface area contributed by atoms with Crippen LogP contribution in [-0.4, -0.2) is 28.6 Å². The zero-order chi connectivity index (χ0) is 19.3. The van der Waals surface area contributed by atoms with Gasteiger partial charge in [0.2, 0.25) is 0 Å². The van der Waals surface area contributed by atoms with Crippen molar-refractivity contribution < 1.29 is 4.74 Å². The van der Waals surface area contributed by atoms with Crippen LogP contribution in [0, 0.1) is 0 Å². The van der Waals surface area contributed by atoms with Gasteiger partial charge in [-0.15, -0.1) is 12.4 Å². The van der Waals surface area contributed by atoms with Crippen molar-refractivity contribution in [3.8, 4) is 11.1 Å². The molecule has 29 heavy (non-hydrogen) atoms. The third-order valence-electron chi connectivity index (χ3n) is 5.31. The first-order valence-electron chi connectivity index (χ1n) is 10.2. The Morgan fingerprint density at radius 3 is 2.76 bits per heavy atom. The number of unbranched alkanes of at least 4 members (excludes halogenated alkanes) is 1. The largest absolute Gasteiger partial charge is 0.382 e. The van der Waals surface area contributed by atoms with E-state index in [2.05, 4.69) is 12.2 Å². The standard InChI is InChI=1S/C23H27N3O2.ClH/c1-2-3-8-20-22(23(27)26-14-5-4-9-21(26)25-20)17-10-12-18(13-11-17)24-16-19-7-6-15-28-19;/h4-5,9-14,19,24H,2-3,6-8,15-16H2,1H3;1H. The molecule has 3 aromatic rings. The molecule has 1 aliphatic rings. The lowest BCUT2D eigenvalue weighted by atomic mass is 10.0. The highest BCUT2D eigenvalue weighted by Crippen LogP contribution is 2.23. The fourth-order valence-electron chi connectivity index (χ4n) is 3.74. The Morgan fingerprint density at radius 1 is 1.21 bits per heavy atom. The SMILES string of the molecule is CCCCc1nc2ccccn2c(=O)c1-c1ccc(NCC2CCCO2)cc1.Cl. The first-order valence-corrected chi connectivity index (χ1v) is 10.2. The summed E-state index contributed by atoms with van der Waals surface area (Å²) in [5, 5.41) is 3.43. The molecule has 1 aliphatic heterocycles. The maximum atomic E-state index is 13.2. The molecule has 3 heterocycles. The Bertz CT molecular complexity index is 995. The van der Waals surface area contributed by atoms with Gasteiger partial charge in [-0.05, 0) is 55.5 Å². The van der Waals surface area contributed by atoms with Gasteiger partial charge in [0.15, 0.2) is 0 Å². The highest BCUT2D eigenvalue weighted by atomic mass is 35.5. The molecule has 5 nitrogen and oxygen atoms in total. The summed E-state index contributed by atoms with van der Waals surface area (Å²) in [4.78, 5) is 18.0. The van der Waals surface area contributed by atoms with Crippen LogP contribution in [-0.2, 0) is 11.2 Å². The van der Waals surface area contributed by atoms with Crippen molar-refractivity contribution in [2.45, 2.75) is 45.1 Å². The normalized spacial score (nSPS) is 16.0. The summed E-state index contributed by atoms with van der Waals surface area (Å²) in [6.07, 6.45) is 7.25. The van der Waals surface area contributed by atoms with Crippen LogP contribution in [0.1, 0.15) is 38.3 Å². The minimum atomic E-state index is -0.00299. The van der Waals surface area contributed by atoms with Crippen molar-refractivity contribution in [1.82, 2.24) is 9.38 Å². The average Bonchev–Trinajstić information content (AvgIpc) is 3.25. The van der Waals surface area contributed by atoms with Crippen molar-refractivity contribution in [3.05, 3.63) is 64.7 Å². The monoisotopic (exact) mass is 413 g/mol. The molecule has 1 aromatic carbocycles. The molecular formula is C23H28ClN3O2. The maximum Gasteiger partial charge on any atom is 0.265 e. The number of hydrogen-bond acceptors (Lipinski definition) is 4. The average molecular weight is 414 g/mol. The molecule has 2 aromatic heterocycles. The number of ether oxygens (including phenoxy) is 1. The minimum Gasteiger partial charge on any atom is -0.382 e. The van der Waals surface area contributed by atoms with E-state index in [0.29, 0.717) is 17.3 Å². The quantitative estimate of drug-likeness (QED) is 0.609. The molecule has 0 bridgehead atoms. The predicted molar refractivity (Wildman–Crippen MR) is 120 cm³/mol. The van der Waals surface area contributed by atoms with Crippen LogP contribution in [0.5, 0.6) is 0 Å². The van der Waals surface area contributed by atoms with Crippen LogP contribution >= 0.6 is 12.4 Å². The van der Waals surface area contributed by atoms with Gasteiger partial charge in [-0.1, -0.05) is 31.5 Å². The van der Waals surface area contributed by atoms with Crippen LogP contribution in [0.15, 0.2) is 53.5 Å². The van der Waals surface area contributed by atoms with Gasteiger partial charge in [0.1, 0.15) is 5.65 Å². The number of aromatic nitrogens is 2. The van der Waals surface area contributed by atoms with Gasteiger partial charge in [-0.3, -0.25) is 9.20 Å². The molecule has 4 rings (SSSR count). The molecule has 154 valence electrons. The van der Waals surface area contributed by atoms with Gasteiger partial charge in [-0.25, -0.2) is 4.98 Å². The number of halogens is 1. The van der Waals surface area contributed by atoms with E-state index >= 15 is 0 Å². The molecule has 1 N–H and O–H groups in total. The van der Waals surface area contributed by atoms with Gasteiger partial charge in [-0.2, -0.15) is 0 Å². The van der Waals surface area contributed by atoms with Crippen LogP contribution in [0.2, 0.25) is 0 Å². The first kappa shape index (κ1) is 21.3. The van der Waals surface area contributed by atoms with E-state index in [1.807, 2.05) is 42.5 Å². The Morgan fingerprint density at radius 2 is 2.03 bits per heavy atom. The third-order valence-corrected chi connectivity index (χ3v) is 5.31. The van der Waals surface area contributed by atoms with E-state index < -0.39 is 0 Å². The molecule has 1 saturated heterocycles. The number of nitrogens with one attached hydrogen (secondary N) is 1. The van der Waals surface area contributed by atoms with E-state index in [-0.39, 0.29) is 18.0 Å². The van der Waals surface area contributed by atoms with Crippen LogP contribution in [0.25, 0.3) is 16.8 Å². The van der Waals surface area contributed by atoms with Gasteiger partial charge in [0.25, 0.3) is 5.56 Å². The van der Waals surface area contributed by atoms with E-state index in [0.717, 1.165) is 62.2 Å². The lowest BCUT2D eigenvalue weighted by Crippen LogP contribution is -2.20. The molecule has 0 spiro atoms. The van der Waals surface area contributed by atoms with Crippen LogP contribution < -0.4 is 10.9 Å². The summed E-state index contributed by atoms with van der Waals surface area (Å²) in [5.74, 6) is 0. The molecule has 1 unspecified atom stereocenters. The zero-order valence-electron chi connectivity index (χ0n) is 16.8. The number of anilines is 1. The lowest BCUT2D eigenvalue weighted by Gasteiger charge is -2.13. The lowest BCUT2D eigenvalue weighted by molar-refractivity contribution is 0.120. The summed E-state index contributed by atoms with van der Waals surface area (Å²) >= 11 is 0. The number of pyridine rings is 1. The summed E-state index contributed by atoms with van der Waals surface area (Å²) in [5.41, 5.74) is 4.27. The number of nitrogens with zero attached hydrogens (tertiary/aromatic N) is 2. The maximum absolute atomic E-state index is 13.2. The van der Waals surface area contributed by atoms with Crippen molar-refractivity contribution in [2.24, 2.45) is 0 Å². The summed E-state index contributed by atoms with van der Waals surface area (Å²) < 4.78 is 7.30. The van der Waals surface area contributed by atoms with Crippen molar-refractivity contribution in [1.29, 1.82) is 0 Å². The number of rotatable bonds is 7. The van der Waals surface area contributed by atoms with E-state index in [4.69, 9.17) is 9.72 Å². The van der Waals surface area contributed by atoms with Gasteiger partial charge < -0.3 is 10.1 Å². The minimum absolute atomic E-state index is 0. The molecule has 1 atom stereocenters. The van der Waals surface area contributed by atoms with Crippen LogP contribution in [0.3, 0.4) is 0 Å². The highest BCUT2D eigenvalue weighted by Gasteiger charge is 2.16. The Labute approximate surface area is 177 Å². The Hall–Kier alpha value is -2.37. The number of aryl methyl sites for hydroxylation is 1. The predicted octanol–water partition coefficient (Wildman–Crippen LogP) is 4.72. The van der Waals surface area contributed by atoms with Gasteiger partial charge in [0.05, 0.1) is 17.4 Å². The van der Waals surface area contributed by atoms with Crippen LogP contribution in [0.4, 0.5) is 5.69 Å². The van der Waals surface area contributed by atoms with Crippen molar-refractivity contribution in [3.63, 3.8) is 0 Å².